The van der Waals surface area contributed by atoms with Crippen LogP contribution in [0.2, 0.25) is 5.02 Å². The Morgan fingerprint density at radius 1 is 1.23 bits per heavy atom. The number of furan rings is 1. The third-order valence-corrected chi connectivity index (χ3v) is 3.29. The summed E-state index contributed by atoms with van der Waals surface area (Å²) in [6.07, 6.45) is 2.51. The number of amides is 1. The molecule has 3 aromatic rings. The molecule has 0 saturated heterocycles. The quantitative estimate of drug-likeness (QED) is 0.457. The van der Waals surface area contributed by atoms with Crippen LogP contribution in [0.3, 0.4) is 0 Å². The van der Waals surface area contributed by atoms with Crippen LogP contribution in [0.1, 0.15) is 16.1 Å². The molecule has 2 heterocycles. The minimum absolute atomic E-state index is 0.0557. The molecule has 1 N–H and O–H groups in total. The predicted molar refractivity (Wildman–Crippen MR) is 81.3 cm³/mol. The van der Waals surface area contributed by atoms with E-state index >= 15 is 0 Å². The fourth-order valence-electron chi connectivity index (χ4n) is 1.85. The zero-order valence-corrected chi connectivity index (χ0v) is 11.8. The molecule has 0 radical (unpaired) electrons. The predicted octanol–water partition coefficient (Wildman–Crippen LogP) is 2.80. The summed E-state index contributed by atoms with van der Waals surface area (Å²) in [6.45, 7) is 0. The normalized spacial score (nSPS) is 11.1. The van der Waals surface area contributed by atoms with Crippen LogP contribution in [-0.2, 0) is 0 Å². The lowest BCUT2D eigenvalue weighted by atomic mass is 10.2. The fourth-order valence-corrected chi connectivity index (χ4v) is 2.14. The Labute approximate surface area is 129 Å². The summed E-state index contributed by atoms with van der Waals surface area (Å²) in [5.41, 5.74) is 2.03. The third-order valence-electron chi connectivity index (χ3n) is 2.89. The second kappa shape index (κ2) is 5.87. The van der Waals surface area contributed by atoms with Crippen LogP contribution in [0.15, 0.2) is 61.4 Å². The molecule has 110 valence electrons. The van der Waals surface area contributed by atoms with Crippen molar-refractivity contribution >= 4 is 34.7 Å². The van der Waals surface area contributed by atoms with Crippen molar-refractivity contribution in [2.45, 2.75) is 0 Å². The van der Waals surface area contributed by atoms with Gasteiger partial charge in [0.05, 0.1) is 23.1 Å². The van der Waals surface area contributed by atoms with Gasteiger partial charge in [0.2, 0.25) is 0 Å². The topological polar surface area (TPSA) is 84.8 Å². The van der Waals surface area contributed by atoms with Gasteiger partial charge in [-0.3, -0.25) is 4.79 Å². The Hall–Kier alpha value is -2.86. The molecule has 0 unspecified atom stereocenters. The van der Waals surface area contributed by atoms with E-state index in [4.69, 9.17) is 20.4 Å². The lowest BCUT2D eigenvalue weighted by Crippen LogP contribution is -2.18. The summed E-state index contributed by atoms with van der Waals surface area (Å²) in [7, 11) is 0. The monoisotopic (exact) mass is 316 g/mol. The molecule has 0 bridgehead atoms. The summed E-state index contributed by atoms with van der Waals surface area (Å²) in [5.74, 6) is -0.434. The molecule has 1 aromatic carbocycles. The molecular formula is C15H9ClN2O4. The molecule has 6 nitrogen and oxygen atoms in total. The SMILES string of the molecule is O=C(N/N=C/c1c(Cl)c2ccccc2oc1=O)c1ccco1. The van der Waals surface area contributed by atoms with E-state index in [9.17, 15) is 9.59 Å². The number of halogens is 1. The highest BCUT2D eigenvalue weighted by atomic mass is 35.5. The molecule has 7 heteroatoms. The largest absolute Gasteiger partial charge is 0.459 e. The maximum absolute atomic E-state index is 11.9. The maximum Gasteiger partial charge on any atom is 0.346 e. The van der Waals surface area contributed by atoms with Crippen molar-refractivity contribution in [1.29, 1.82) is 0 Å². The number of fused-ring (bicyclic) bond motifs is 1. The highest BCUT2D eigenvalue weighted by Gasteiger charge is 2.11. The van der Waals surface area contributed by atoms with Crippen LogP contribution in [-0.4, -0.2) is 12.1 Å². The van der Waals surface area contributed by atoms with Gasteiger partial charge in [0.1, 0.15) is 5.58 Å². The van der Waals surface area contributed by atoms with E-state index < -0.39 is 11.5 Å². The van der Waals surface area contributed by atoms with Gasteiger partial charge in [-0.05, 0) is 24.3 Å². The smallest absolute Gasteiger partial charge is 0.346 e. The Bertz CT molecular complexity index is 913. The highest BCUT2D eigenvalue weighted by molar-refractivity contribution is 6.37. The number of hydrazone groups is 1. The minimum Gasteiger partial charge on any atom is -0.459 e. The number of rotatable bonds is 3. The lowest BCUT2D eigenvalue weighted by Gasteiger charge is -2.01. The zero-order chi connectivity index (χ0) is 15.5. The van der Waals surface area contributed by atoms with Crippen molar-refractivity contribution in [3.05, 3.63) is 69.4 Å². The van der Waals surface area contributed by atoms with Crippen LogP contribution < -0.4 is 11.1 Å². The van der Waals surface area contributed by atoms with Crippen molar-refractivity contribution in [2.24, 2.45) is 5.10 Å². The van der Waals surface area contributed by atoms with Gasteiger partial charge in [-0.2, -0.15) is 5.10 Å². The molecule has 0 atom stereocenters. The molecule has 22 heavy (non-hydrogen) atoms. The van der Waals surface area contributed by atoms with Crippen molar-refractivity contribution in [3.8, 4) is 0 Å². The molecule has 0 spiro atoms. The van der Waals surface area contributed by atoms with Gasteiger partial charge in [-0.15, -0.1) is 0 Å². The number of carbonyl (C=O) groups excluding carboxylic acids is 1. The van der Waals surface area contributed by atoms with Gasteiger partial charge in [-0.1, -0.05) is 23.7 Å². The number of nitrogens with zero attached hydrogens (tertiary/aromatic N) is 1. The van der Waals surface area contributed by atoms with Gasteiger partial charge in [0.15, 0.2) is 5.76 Å². The van der Waals surface area contributed by atoms with Crippen molar-refractivity contribution in [2.75, 3.05) is 0 Å². The molecule has 0 aliphatic carbocycles. The highest BCUT2D eigenvalue weighted by Crippen LogP contribution is 2.23. The van der Waals surface area contributed by atoms with Crippen LogP contribution in [0.5, 0.6) is 0 Å². The van der Waals surface area contributed by atoms with Crippen molar-refractivity contribution < 1.29 is 13.6 Å². The van der Waals surface area contributed by atoms with E-state index in [2.05, 4.69) is 10.5 Å². The number of carbonyl (C=O) groups is 1. The van der Waals surface area contributed by atoms with Crippen LogP contribution >= 0.6 is 11.6 Å². The second-order valence-corrected chi connectivity index (χ2v) is 4.67. The summed E-state index contributed by atoms with van der Waals surface area (Å²) >= 11 is 6.18. The standard InChI is InChI=1S/C15H9ClN2O4/c16-13-9-4-1-2-5-11(9)22-15(20)10(13)8-17-18-14(19)12-6-3-7-21-12/h1-8H,(H,18,19)/b17-8+. The molecule has 3 rings (SSSR count). The fraction of sp³-hybridized carbons (Fsp3) is 0. The van der Waals surface area contributed by atoms with Gasteiger partial charge in [-0.25, -0.2) is 10.2 Å². The first-order valence-corrected chi connectivity index (χ1v) is 6.63. The van der Waals surface area contributed by atoms with Crippen molar-refractivity contribution in [3.63, 3.8) is 0 Å². The van der Waals surface area contributed by atoms with Crippen LogP contribution in [0.25, 0.3) is 11.0 Å². The average molecular weight is 317 g/mol. The van der Waals surface area contributed by atoms with E-state index in [1.54, 1.807) is 30.3 Å². The third kappa shape index (κ3) is 2.64. The van der Waals surface area contributed by atoms with Crippen molar-refractivity contribution in [1.82, 2.24) is 5.43 Å². The molecule has 0 saturated carbocycles. The first-order valence-electron chi connectivity index (χ1n) is 6.25. The number of benzene rings is 1. The minimum atomic E-state index is -0.639. The zero-order valence-electron chi connectivity index (χ0n) is 11.1. The lowest BCUT2D eigenvalue weighted by molar-refractivity contribution is 0.0927. The van der Waals surface area contributed by atoms with E-state index in [0.717, 1.165) is 6.21 Å². The first kappa shape index (κ1) is 14.1. The van der Waals surface area contributed by atoms with Gasteiger partial charge >= 0.3 is 11.5 Å². The molecule has 0 aliphatic rings. The molecular weight excluding hydrogens is 308 g/mol. The number of hydrogen-bond donors (Lipinski definition) is 1. The molecule has 0 aliphatic heterocycles. The Morgan fingerprint density at radius 2 is 2.05 bits per heavy atom. The summed E-state index contributed by atoms with van der Waals surface area (Å²) in [5, 5.41) is 4.49. The van der Waals surface area contributed by atoms with Crippen LogP contribution in [0, 0.1) is 0 Å². The number of hydrogen-bond acceptors (Lipinski definition) is 5. The van der Waals surface area contributed by atoms with E-state index in [-0.39, 0.29) is 16.3 Å². The Kier molecular flexibility index (Phi) is 3.76. The van der Waals surface area contributed by atoms with Gasteiger partial charge in [0, 0.05) is 5.39 Å². The van der Waals surface area contributed by atoms with E-state index in [1.165, 1.54) is 12.3 Å². The van der Waals surface area contributed by atoms with Gasteiger partial charge < -0.3 is 8.83 Å². The molecule has 2 aromatic heterocycles. The van der Waals surface area contributed by atoms with Crippen LogP contribution in [0.4, 0.5) is 0 Å². The van der Waals surface area contributed by atoms with E-state index in [1.807, 2.05) is 0 Å². The van der Waals surface area contributed by atoms with Gasteiger partial charge in [0.25, 0.3) is 0 Å². The number of para-hydroxylation sites is 1. The van der Waals surface area contributed by atoms with E-state index in [0.29, 0.717) is 11.0 Å². The first-order chi connectivity index (χ1) is 10.7. The summed E-state index contributed by atoms with van der Waals surface area (Å²) in [6, 6.07) is 9.93. The second-order valence-electron chi connectivity index (χ2n) is 4.29. The molecule has 0 fully saturated rings. The Morgan fingerprint density at radius 3 is 2.82 bits per heavy atom. The summed E-state index contributed by atoms with van der Waals surface area (Å²) in [4.78, 5) is 23.5. The Balaban J connectivity index is 1.89. The average Bonchev–Trinajstić information content (AvgIpc) is 3.05. The summed E-state index contributed by atoms with van der Waals surface area (Å²) < 4.78 is 10.1. The number of nitrogens with one attached hydrogen (secondary N) is 1. The maximum atomic E-state index is 11.9. The molecule has 1 amide bonds.